The van der Waals surface area contributed by atoms with E-state index in [2.05, 4.69) is 16.0 Å². The second kappa shape index (κ2) is 5.70. The number of fused-ring (bicyclic) bond motifs is 1. The Morgan fingerprint density at radius 1 is 1.27 bits per heavy atom. The molecule has 1 aromatic heterocycles. The molecule has 3 rings (SSSR count). The first-order valence-corrected chi connectivity index (χ1v) is 6.61. The fourth-order valence-electron chi connectivity index (χ4n) is 2.12. The monoisotopic (exact) mass is 293 g/mol. The molecular formula is C17H12FN3O. The summed E-state index contributed by atoms with van der Waals surface area (Å²) in [4.78, 5) is 7.49. The third kappa shape index (κ3) is 2.67. The van der Waals surface area contributed by atoms with Crippen LogP contribution in [0.25, 0.3) is 22.7 Å². The molecule has 108 valence electrons. The lowest BCUT2D eigenvalue weighted by molar-refractivity contribution is 0.415. The predicted molar refractivity (Wildman–Crippen MR) is 82.5 cm³/mol. The number of aromatic amines is 1. The Morgan fingerprint density at radius 2 is 2.05 bits per heavy atom. The van der Waals surface area contributed by atoms with Crippen LogP contribution in [-0.2, 0) is 0 Å². The lowest BCUT2D eigenvalue weighted by Gasteiger charge is -1.97. The molecule has 2 aromatic carbocycles. The summed E-state index contributed by atoms with van der Waals surface area (Å²) in [7, 11) is 1.59. The van der Waals surface area contributed by atoms with Crippen LogP contribution in [0.2, 0.25) is 0 Å². The summed E-state index contributed by atoms with van der Waals surface area (Å²) in [5.74, 6) is 0.866. The maximum atomic E-state index is 12.9. The number of benzene rings is 2. The van der Waals surface area contributed by atoms with Gasteiger partial charge in [0.2, 0.25) is 0 Å². The Bertz CT molecular complexity index is 888. The van der Waals surface area contributed by atoms with Gasteiger partial charge in [-0.2, -0.15) is 5.26 Å². The Morgan fingerprint density at radius 3 is 2.73 bits per heavy atom. The highest BCUT2D eigenvalue weighted by molar-refractivity contribution is 5.90. The molecule has 4 nitrogen and oxygen atoms in total. The summed E-state index contributed by atoms with van der Waals surface area (Å²) < 4.78 is 18.1. The van der Waals surface area contributed by atoms with Crippen molar-refractivity contribution in [3.05, 3.63) is 59.7 Å². The van der Waals surface area contributed by atoms with Crippen LogP contribution < -0.4 is 4.74 Å². The minimum Gasteiger partial charge on any atom is -0.497 e. The SMILES string of the molecule is COc1ccc2nc(/C(C#N)=C\c3ccc(F)cc3)[nH]c2c1. The van der Waals surface area contributed by atoms with Crippen molar-refractivity contribution in [2.24, 2.45) is 0 Å². The Hall–Kier alpha value is -3.13. The number of H-pyrrole nitrogens is 1. The van der Waals surface area contributed by atoms with Crippen molar-refractivity contribution in [1.82, 2.24) is 9.97 Å². The van der Waals surface area contributed by atoms with E-state index in [-0.39, 0.29) is 5.82 Å². The molecule has 0 amide bonds. The smallest absolute Gasteiger partial charge is 0.149 e. The topological polar surface area (TPSA) is 61.7 Å². The molecular weight excluding hydrogens is 281 g/mol. The van der Waals surface area contributed by atoms with E-state index in [4.69, 9.17) is 4.74 Å². The molecule has 0 atom stereocenters. The third-order valence-corrected chi connectivity index (χ3v) is 3.25. The van der Waals surface area contributed by atoms with Crippen molar-refractivity contribution >= 4 is 22.7 Å². The van der Waals surface area contributed by atoms with Crippen molar-refractivity contribution in [3.8, 4) is 11.8 Å². The average Bonchev–Trinajstić information content (AvgIpc) is 2.97. The Labute approximate surface area is 126 Å². The number of hydrogen-bond acceptors (Lipinski definition) is 3. The number of halogens is 1. The van der Waals surface area contributed by atoms with Gasteiger partial charge in [-0.05, 0) is 35.9 Å². The van der Waals surface area contributed by atoms with E-state index in [1.807, 2.05) is 18.2 Å². The molecule has 1 N–H and O–H groups in total. The first kappa shape index (κ1) is 13.8. The number of ether oxygens (including phenoxy) is 1. The first-order valence-electron chi connectivity index (χ1n) is 6.61. The van der Waals surface area contributed by atoms with Crippen LogP contribution in [0.15, 0.2) is 42.5 Å². The molecule has 0 aliphatic rings. The van der Waals surface area contributed by atoms with Crippen LogP contribution in [0.3, 0.4) is 0 Å². The lowest BCUT2D eigenvalue weighted by atomic mass is 10.1. The molecule has 0 saturated heterocycles. The summed E-state index contributed by atoms with van der Waals surface area (Å²) in [6.07, 6.45) is 1.66. The summed E-state index contributed by atoms with van der Waals surface area (Å²) in [5, 5.41) is 9.34. The lowest BCUT2D eigenvalue weighted by Crippen LogP contribution is -1.85. The van der Waals surface area contributed by atoms with Crippen LogP contribution in [0.5, 0.6) is 5.75 Å². The van der Waals surface area contributed by atoms with E-state index >= 15 is 0 Å². The molecule has 0 spiro atoms. The van der Waals surface area contributed by atoms with Crippen LogP contribution >= 0.6 is 0 Å². The molecule has 0 saturated carbocycles. The summed E-state index contributed by atoms with van der Waals surface area (Å²) >= 11 is 0. The van der Waals surface area contributed by atoms with E-state index in [1.54, 1.807) is 25.3 Å². The zero-order valence-corrected chi connectivity index (χ0v) is 11.8. The summed E-state index contributed by atoms with van der Waals surface area (Å²) in [5.41, 5.74) is 2.64. The quantitative estimate of drug-likeness (QED) is 0.748. The fraction of sp³-hybridized carbons (Fsp3) is 0.0588. The Balaban J connectivity index is 2.03. The highest BCUT2D eigenvalue weighted by Gasteiger charge is 2.08. The van der Waals surface area contributed by atoms with E-state index in [9.17, 15) is 9.65 Å². The molecule has 0 aliphatic heterocycles. The first-order chi connectivity index (χ1) is 10.7. The van der Waals surface area contributed by atoms with Gasteiger partial charge in [-0.25, -0.2) is 9.37 Å². The van der Waals surface area contributed by atoms with Gasteiger partial charge in [0.1, 0.15) is 23.5 Å². The van der Waals surface area contributed by atoms with E-state index in [0.29, 0.717) is 17.1 Å². The highest BCUT2D eigenvalue weighted by atomic mass is 19.1. The van der Waals surface area contributed by atoms with Crippen molar-refractivity contribution in [2.45, 2.75) is 0 Å². The van der Waals surface area contributed by atoms with Crippen LogP contribution in [0, 0.1) is 17.1 Å². The number of nitrogens with zero attached hydrogens (tertiary/aromatic N) is 2. The predicted octanol–water partition coefficient (Wildman–Crippen LogP) is 3.77. The minimum atomic E-state index is -0.313. The van der Waals surface area contributed by atoms with Gasteiger partial charge >= 0.3 is 0 Å². The van der Waals surface area contributed by atoms with Crippen molar-refractivity contribution in [2.75, 3.05) is 7.11 Å². The zero-order chi connectivity index (χ0) is 15.5. The van der Waals surface area contributed by atoms with E-state index in [0.717, 1.165) is 16.6 Å². The van der Waals surface area contributed by atoms with Gasteiger partial charge < -0.3 is 9.72 Å². The molecule has 22 heavy (non-hydrogen) atoms. The number of nitrogens with one attached hydrogen (secondary N) is 1. The average molecular weight is 293 g/mol. The molecule has 0 bridgehead atoms. The van der Waals surface area contributed by atoms with E-state index < -0.39 is 0 Å². The molecule has 1 heterocycles. The molecule has 0 unspecified atom stereocenters. The molecule has 3 aromatic rings. The Kier molecular flexibility index (Phi) is 3.58. The summed E-state index contributed by atoms with van der Waals surface area (Å²) in [6.45, 7) is 0. The number of allylic oxidation sites excluding steroid dienone is 1. The normalized spacial score (nSPS) is 11.4. The number of methoxy groups -OCH3 is 1. The standard InChI is InChI=1S/C17H12FN3O/c1-22-14-6-7-15-16(9-14)21-17(20-15)12(10-19)8-11-2-4-13(18)5-3-11/h2-9H,1H3,(H,20,21)/b12-8-. The van der Waals surface area contributed by atoms with E-state index in [1.165, 1.54) is 12.1 Å². The number of aromatic nitrogens is 2. The van der Waals surface area contributed by atoms with Crippen LogP contribution in [0.1, 0.15) is 11.4 Å². The van der Waals surface area contributed by atoms with Crippen molar-refractivity contribution < 1.29 is 9.13 Å². The van der Waals surface area contributed by atoms with Gasteiger partial charge in [0, 0.05) is 6.07 Å². The second-order valence-electron chi connectivity index (χ2n) is 4.69. The third-order valence-electron chi connectivity index (χ3n) is 3.25. The van der Waals surface area contributed by atoms with Crippen molar-refractivity contribution in [3.63, 3.8) is 0 Å². The summed E-state index contributed by atoms with van der Waals surface area (Å²) in [6, 6.07) is 13.5. The largest absolute Gasteiger partial charge is 0.497 e. The molecule has 0 fully saturated rings. The maximum absolute atomic E-state index is 12.9. The molecule has 0 radical (unpaired) electrons. The number of hydrogen-bond donors (Lipinski definition) is 1. The van der Waals surface area contributed by atoms with Gasteiger partial charge in [0.25, 0.3) is 0 Å². The zero-order valence-electron chi connectivity index (χ0n) is 11.8. The molecule has 5 heteroatoms. The van der Waals surface area contributed by atoms with Crippen molar-refractivity contribution in [1.29, 1.82) is 5.26 Å². The minimum absolute atomic E-state index is 0.313. The number of rotatable bonds is 3. The number of nitriles is 1. The van der Waals surface area contributed by atoms with Gasteiger partial charge in [-0.1, -0.05) is 12.1 Å². The van der Waals surface area contributed by atoms with Gasteiger partial charge in [-0.3, -0.25) is 0 Å². The van der Waals surface area contributed by atoms with Gasteiger partial charge in [0.05, 0.1) is 23.7 Å². The second-order valence-corrected chi connectivity index (χ2v) is 4.69. The molecule has 0 aliphatic carbocycles. The number of imidazole rings is 1. The van der Waals surface area contributed by atoms with Gasteiger partial charge in [-0.15, -0.1) is 0 Å². The van der Waals surface area contributed by atoms with Crippen LogP contribution in [0.4, 0.5) is 4.39 Å². The highest BCUT2D eigenvalue weighted by Crippen LogP contribution is 2.22. The van der Waals surface area contributed by atoms with Crippen LogP contribution in [-0.4, -0.2) is 17.1 Å². The maximum Gasteiger partial charge on any atom is 0.149 e. The fourth-order valence-corrected chi connectivity index (χ4v) is 2.12. The van der Waals surface area contributed by atoms with Gasteiger partial charge in [0.15, 0.2) is 0 Å².